The average molecular weight is 226 g/mol. The van der Waals surface area contributed by atoms with E-state index in [0.29, 0.717) is 0 Å². The van der Waals surface area contributed by atoms with Gasteiger partial charge >= 0.3 is 0 Å². The topological polar surface area (TPSA) is 26.7 Å². The molecule has 1 N–H and O–H groups in total. The molecule has 16 heavy (non-hydrogen) atoms. The summed E-state index contributed by atoms with van der Waals surface area (Å²) in [7, 11) is 0. The normalized spacial score (nSPS) is 19.8. The standard InChI is InChI=1S/C13H26N2O/c1-12(2)5-6-14-7-9-15(10-8-14)11-13(3,4)16/h5,16H,6-11H2,1-4H3. The van der Waals surface area contributed by atoms with E-state index in [4.69, 9.17) is 0 Å². The molecule has 0 amide bonds. The van der Waals surface area contributed by atoms with Gasteiger partial charge in [0.2, 0.25) is 0 Å². The molecule has 1 aliphatic heterocycles. The summed E-state index contributed by atoms with van der Waals surface area (Å²) in [5.41, 5.74) is 0.821. The van der Waals surface area contributed by atoms with E-state index in [1.54, 1.807) is 0 Å². The first-order chi connectivity index (χ1) is 7.37. The minimum atomic E-state index is -0.567. The summed E-state index contributed by atoms with van der Waals surface area (Å²) in [4.78, 5) is 4.81. The molecule has 3 nitrogen and oxygen atoms in total. The van der Waals surface area contributed by atoms with Crippen LogP contribution in [-0.2, 0) is 0 Å². The Morgan fingerprint density at radius 2 is 1.62 bits per heavy atom. The van der Waals surface area contributed by atoms with Gasteiger partial charge in [-0.1, -0.05) is 11.6 Å². The lowest BCUT2D eigenvalue weighted by Gasteiger charge is -2.36. The predicted octanol–water partition coefficient (Wildman–Crippen LogP) is 1.34. The Kier molecular flexibility index (Phi) is 4.96. The SMILES string of the molecule is CC(C)=CCN1CCN(CC(C)(C)O)CC1. The molecular weight excluding hydrogens is 200 g/mol. The zero-order chi connectivity index (χ0) is 12.2. The summed E-state index contributed by atoms with van der Waals surface area (Å²) < 4.78 is 0. The fourth-order valence-corrected chi connectivity index (χ4v) is 1.99. The molecule has 0 spiro atoms. The Morgan fingerprint density at radius 3 is 2.06 bits per heavy atom. The molecule has 94 valence electrons. The molecule has 1 aliphatic rings. The van der Waals surface area contributed by atoms with Gasteiger partial charge in [0.15, 0.2) is 0 Å². The van der Waals surface area contributed by atoms with Crippen molar-refractivity contribution in [1.82, 2.24) is 9.80 Å². The molecule has 0 aromatic heterocycles. The molecule has 3 heteroatoms. The van der Waals surface area contributed by atoms with Gasteiger partial charge in [0.05, 0.1) is 5.60 Å². The van der Waals surface area contributed by atoms with Crippen LogP contribution in [0.3, 0.4) is 0 Å². The molecule has 0 aromatic carbocycles. The van der Waals surface area contributed by atoms with Crippen molar-refractivity contribution in [2.24, 2.45) is 0 Å². The number of allylic oxidation sites excluding steroid dienone is 1. The molecule has 0 bridgehead atoms. The first kappa shape index (κ1) is 13.7. The van der Waals surface area contributed by atoms with E-state index < -0.39 is 5.60 Å². The number of rotatable bonds is 4. The van der Waals surface area contributed by atoms with Gasteiger partial charge in [-0.3, -0.25) is 9.80 Å². The molecular formula is C13H26N2O. The molecule has 0 aromatic rings. The molecule has 0 saturated carbocycles. The Labute approximate surface area is 99.7 Å². The summed E-state index contributed by atoms with van der Waals surface area (Å²) in [6.07, 6.45) is 2.28. The highest BCUT2D eigenvalue weighted by Gasteiger charge is 2.21. The predicted molar refractivity (Wildman–Crippen MR) is 68.6 cm³/mol. The first-order valence-electron chi connectivity index (χ1n) is 6.17. The smallest absolute Gasteiger partial charge is 0.0718 e. The number of hydrogen-bond donors (Lipinski definition) is 1. The average Bonchev–Trinajstić information content (AvgIpc) is 2.14. The Hall–Kier alpha value is -0.380. The maximum atomic E-state index is 9.75. The van der Waals surface area contributed by atoms with Crippen LogP contribution in [-0.4, -0.2) is 59.8 Å². The highest BCUT2D eigenvalue weighted by Crippen LogP contribution is 2.08. The number of β-amino-alcohol motifs (C(OH)–C–C–N with tert-alkyl or cyclic N) is 1. The molecule has 1 heterocycles. The van der Waals surface area contributed by atoms with Crippen LogP contribution < -0.4 is 0 Å². The van der Waals surface area contributed by atoms with Crippen LogP contribution in [0.4, 0.5) is 0 Å². The van der Waals surface area contributed by atoms with E-state index >= 15 is 0 Å². The highest BCUT2D eigenvalue weighted by molar-refractivity contribution is 4.95. The summed E-state index contributed by atoms with van der Waals surface area (Å²) >= 11 is 0. The molecule has 1 saturated heterocycles. The van der Waals surface area contributed by atoms with Crippen LogP contribution in [0.25, 0.3) is 0 Å². The summed E-state index contributed by atoms with van der Waals surface area (Å²) in [5.74, 6) is 0. The maximum absolute atomic E-state index is 9.75. The van der Waals surface area contributed by atoms with Crippen molar-refractivity contribution in [3.05, 3.63) is 11.6 Å². The monoisotopic (exact) mass is 226 g/mol. The van der Waals surface area contributed by atoms with E-state index in [1.165, 1.54) is 5.57 Å². The van der Waals surface area contributed by atoms with Crippen LogP contribution in [0, 0.1) is 0 Å². The fraction of sp³-hybridized carbons (Fsp3) is 0.846. The maximum Gasteiger partial charge on any atom is 0.0718 e. The lowest BCUT2D eigenvalue weighted by Crippen LogP contribution is -2.50. The minimum absolute atomic E-state index is 0.567. The van der Waals surface area contributed by atoms with Crippen LogP contribution in [0.15, 0.2) is 11.6 Å². The molecule has 0 radical (unpaired) electrons. The largest absolute Gasteiger partial charge is 0.389 e. The Morgan fingerprint density at radius 1 is 1.12 bits per heavy atom. The third-order valence-electron chi connectivity index (χ3n) is 2.83. The van der Waals surface area contributed by atoms with E-state index in [9.17, 15) is 5.11 Å². The van der Waals surface area contributed by atoms with Gasteiger partial charge in [-0.15, -0.1) is 0 Å². The lowest BCUT2D eigenvalue weighted by atomic mass is 10.1. The summed E-state index contributed by atoms with van der Waals surface area (Å²) in [6.45, 7) is 14.3. The van der Waals surface area contributed by atoms with E-state index in [-0.39, 0.29) is 0 Å². The van der Waals surface area contributed by atoms with E-state index in [0.717, 1.165) is 39.3 Å². The zero-order valence-electron chi connectivity index (χ0n) is 11.2. The number of hydrogen-bond acceptors (Lipinski definition) is 3. The van der Waals surface area contributed by atoms with Gasteiger partial charge in [0, 0.05) is 39.3 Å². The second kappa shape index (κ2) is 5.80. The van der Waals surface area contributed by atoms with Crippen LogP contribution in [0.1, 0.15) is 27.7 Å². The third kappa shape index (κ3) is 5.64. The fourth-order valence-electron chi connectivity index (χ4n) is 1.99. The lowest BCUT2D eigenvalue weighted by molar-refractivity contribution is 0.0193. The van der Waals surface area contributed by atoms with Crippen molar-refractivity contribution in [2.75, 3.05) is 39.3 Å². The van der Waals surface area contributed by atoms with Gasteiger partial charge in [0.25, 0.3) is 0 Å². The van der Waals surface area contributed by atoms with Crippen LogP contribution >= 0.6 is 0 Å². The Bertz CT molecular complexity index is 231. The summed E-state index contributed by atoms with van der Waals surface area (Å²) in [5, 5.41) is 9.75. The van der Waals surface area contributed by atoms with E-state index in [2.05, 4.69) is 29.7 Å². The molecule has 1 fully saturated rings. The minimum Gasteiger partial charge on any atom is -0.389 e. The third-order valence-corrected chi connectivity index (χ3v) is 2.83. The van der Waals surface area contributed by atoms with Crippen molar-refractivity contribution < 1.29 is 5.11 Å². The van der Waals surface area contributed by atoms with Crippen LogP contribution in [0.5, 0.6) is 0 Å². The Balaban J connectivity index is 2.26. The van der Waals surface area contributed by atoms with Crippen molar-refractivity contribution >= 4 is 0 Å². The second-order valence-electron chi connectivity index (χ2n) is 5.67. The van der Waals surface area contributed by atoms with Gasteiger partial charge in [0.1, 0.15) is 0 Å². The van der Waals surface area contributed by atoms with Crippen molar-refractivity contribution in [1.29, 1.82) is 0 Å². The molecule has 0 atom stereocenters. The summed E-state index contributed by atoms with van der Waals surface area (Å²) in [6, 6.07) is 0. The number of aliphatic hydroxyl groups is 1. The van der Waals surface area contributed by atoms with Gasteiger partial charge in [-0.2, -0.15) is 0 Å². The second-order valence-corrected chi connectivity index (χ2v) is 5.67. The molecule has 0 unspecified atom stereocenters. The number of nitrogens with zero attached hydrogens (tertiary/aromatic N) is 2. The first-order valence-corrected chi connectivity index (χ1v) is 6.17. The zero-order valence-corrected chi connectivity index (χ0v) is 11.2. The van der Waals surface area contributed by atoms with Crippen LogP contribution in [0.2, 0.25) is 0 Å². The van der Waals surface area contributed by atoms with E-state index in [1.807, 2.05) is 13.8 Å². The molecule has 1 rings (SSSR count). The van der Waals surface area contributed by atoms with Crippen molar-refractivity contribution in [3.63, 3.8) is 0 Å². The van der Waals surface area contributed by atoms with Crippen molar-refractivity contribution in [3.8, 4) is 0 Å². The van der Waals surface area contributed by atoms with Gasteiger partial charge < -0.3 is 5.11 Å². The van der Waals surface area contributed by atoms with Gasteiger partial charge in [-0.25, -0.2) is 0 Å². The van der Waals surface area contributed by atoms with Crippen molar-refractivity contribution in [2.45, 2.75) is 33.3 Å². The highest BCUT2D eigenvalue weighted by atomic mass is 16.3. The number of piperazine rings is 1. The molecule has 0 aliphatic carbocycles. The van der Waals surface area contributed by atoms with Gasteiger partial charge in [-0.05, 0) is 27.7 Å². The quantitative estimate of drug-likeness (QED) is 0.733.